The third-order valence-electron chi connectivity index (χ3n) is 4.92. The normalized spacial score (nSPS) is 13.5. The highest BCUT2D eigenvalue weighted by molar-refractivity contribution is 5.94. The van der Waals surface area contributed by atoms with Crippen molar-refractivity contribution in [2.45, 2.75) is 0 Å². The van der Waals surface area contributed by atoms with Gasteiger partial charge >= 0.3 is 0 Å². The first-order chi connectivity index (χ1) is 14.2. The Labute approximate surface area is 169 Å². The van der Waals surface area contributed by atoms with E-state index in [2.05, 4.69) is 20.2 Å². The molecule has 1 amide bonds. The van der Waals surface area contributed by atoms with Gasteiger partial charge in [-0.05, 0) is 0 Å². The quantitative estimate of drug-likeness (QED) is 0.696. The topological polar surface area (TPSA) is 76.6 Å². The van der Waals surface area contributed by atoms with Crippen LogP contribution in [0.3, 0.4) is 0 Å². The molecule has 0 bridgehead atoms. The summed E-state index contributed by atoms with van der Waals surface area (Å²) in [6.07, 6.45) is 1.56. The number of anilines is 2. The molecule has 0 radical (unpaired) electrons. The summed E-state index contributed by atoms with van der Waals surface area (Å²) >= 11 is 0. The van der Waals surface area contributed by atoms with Gasteiger partial charge in [0.05, 0.1) is 25.8 Å². The zero-order valence-corrected chi connectivity index (χ0v) is 16.3. The first kappa shape index (κ1) is 18.7. The molecular formula is C22H22N4O3. The first-order valence-electron chi connectivity index (χ1n) is 9.32. The van der Waals surface area contributed by atoms with Crippen molar-refractivity contribution in [3.63, 3.8) is 0 Å². The Bertz CT molecular complexity index is 982. The maximum atomic E-state index is 12.6. The Kier molecular flexibility index (Phi) is 5.29. The molecule has 0 spiro atoms. The molecule has 1 aliphatic rings. The second kappa shape index (κ2) is 8.18. The van der Waals surface area contributed by atoms with E-state index >= 15 is 0 Å². The summed E-state index contributed by atoms with van der Waals surface area (Å²) in [5.74, 6) is 1.94. The van der Waals surface area contributed by atoms with E-state index in [9.17, 15) is 4.79 Å². The number of amides is 1. The van der Waals surface area contributed by atoms with Crippen LogP contribution < -0.4 is 19.7 Å². The van der Waals surface area contributed by atoms with E-state index in [0.29, 0.717) is 30.3 Å². The molecule has 0 saturated carbocycles. The number of benzene rings is 2. The summed E-state index contributed by atoms with van der Waals surface area (Å²) in [7, 11) is 3.16. The third-order valence-corrected chi connectivity index (χ3v) is 4.92. The Morgan fingerprint density at radius 1 is 1.00 bits per heavy atom. The maximum absolute atomic E-state index is 12.6. The van der Waals surface area contributed by atoms with Crippen molar-refractivity contribution in [1.82, 2.24) is 9.97 Å². The molecule has 0 aliphatic carbocycles. The van der Waals surface area contributed by atoms with Gasteiger partial charge < -0.3 is 19.7 Å². The number of aromatic nitrogens is 2. The Morgan fingerprint density at radius 2 is 1.69 bits per heavy atom. The highest BCUT2D eigenvalue weighted by Crippen LogP contribution is 2.29. The summed E-state index contributed by atoms with van der Waals surface area (Å²) in [6.45, 7) is 1.22. The van der Waals surface area contributed by atoms with Crippen molar-refractivity contribution in [3.05, 3.63) is 60.9 Å². The zero-order chi connectivity index (χ0) is 20.2. The standard InChI is InChI=1S/C22H22N4O3/c1-28-18-8-17(9-19(10-18)29-2)25-22(27)16-12-26(13-16)21-11-20(23-14-24-21)15-6-4-3-5-7-15/h3-11,14,16H,12-13H2,1-2H3,(H,25,27). The Hall–Kier alpha value is -3.61. The monoisotopic (exact) mass is 390 g/mol. The second-order valence-electron chi connectivity index (χ2n) is 6.82. The summed E-state index contributed by atoms with van der Waals surface area (Å²) < 4.78 is 10.5. The minimum atomic E-state index is -0.109. The molecule has 29 heavy (non-hydrogen) atoms. The molecular weight excluding hydrogens is 368 g/mol. The minimum Gasteiger partial charge on any atom is -0.497 e. The number of carbonyl (C=O) groups excluding carboxylic acids is 1. The average Bonchev–Trinajstić information content (AvgIpc) is 2.73. The van der Waals surface area contributed by atoms with Gasteiger partial charge in [0.2, 0.25) is 5.91 Å². The van der Waals surface area contributed by atoms with Crippen molar-refractivity contribution in [2.75, 3.05) is 37.5 Å². The van der Waals surface area contributed by atoms with Gasteiger partial charge in [-0.15, -0.1) is 0 Å². The highest BCUT2D eigenvalue weighted by atomic mass is 16.5. The van der Waals surface area contributed by atoms with E-state index in [4.69, 9.17) is 9.47 Å². The summed E-state index contributed by atoms with van der Waals surface area (Å²) in [6, 6.07) is 17.2. The van der Waals surface area contributed by atoms with E-state index in [-0.39, 0.29) is 11.8 Å². The minimum absolute atomic E-state index is 0.0334. The van der Waals surface area contributed by atoms with Crippen LogP contribution in [0.5, 0.6) is 11.5 Å². The molecule has 1 N–H and O–H groups in total. The first-order valence-corrected chi connectivity index (χ1v) is 9.32. The largest absolute Gasteiger partial charge is 0.497 e. The lowest BCUT2D eigenvalue weighted by Crippen LogP contribution is -2.52. The number of nitrogens with zero attached hydrogens (tertiary/aromatic N) is 3. The lowest BCUT2D eigenvalue weighted by Gasteiger charge is -2.39. The SMILES string of the molecule is COc1cc(NC(=O)C2CN(c3cc(-c4ccccc4)ncn3)C2)cc(OC)c1. The molecule has 1 aromatic heterocycles. The van der Waals surface area contributed by atoms with Crippen LogP contribution >= 0.6 is 0 Å². The molecule has 7 nitrogen and oxygen atoms in total. The van der Waals surface area contributed by atoms with E-state index < -0.39 is 0 Å². The number of hydrogen-bond acceptors (Lipinski definition) is 6. The molecule has 2 heterocycles. The van der Waals surface area contributed by atoms with Crippen LogP contribution in [0.25, 0.3) is 11.3 Å². The molecule has 1 aliphatic heterocycles. The number of hydrogen-bond donors (Lipinski definition) is 1. The van der Waals surface area contributed by atoms with Gasteiger partial charge in [0.1, 0.15) is 23.6 Å². The summed E-state index contributed by atoms with van der Waals surface area (Å²) in [5.41, 5.74) is 2.56. The van der Waals surface area contributed by atoms with E-state index in [0.717, 1.165) is 17.1 Å². The third kappa shape index (κ3) is 4.13. The molecule has 1 fully saturated rings. The maximum Gasteiger partial charge on any atom is 0.231 e. The van der Waals surface area contributed by atoms with Gasteiger partial charge in [-0.25, -0.2) is 9.97 Å². The highest BCUT2D eigenvalue weighted by Gasteiger charge is 2.33. The van der Waals surface area contributed by atoms with Crippen LogP contribution in [0.2, 0.25) is 0 Å². The molecule has 1 saturated heterocycles. The fourth-order valence-corrected chi connectivity index (χ4v) is 3.24. The second-order valence-corrected chi connectivity index (χ2v) is 6.82. The smallest absolute Gasteiger partial charge is 0.231 e. The van der Waals surface area contributed by atoms with Crippen LogP contribution in [-0.4, -0.2) is 43.2 Å². The van der Waals surface area contributed by atoms with Gasteiger partial charge in [0, 0.05) is 48.6 Å². The fourth-order valence-electron chi connectivity index (χ4n) is 3.24. The molecule has 0 unspecified atom stereocenters. The number of ether oxygens (including phenoxy) is 2. The van der Waals surface area contributed by atoms with Crippen molar-refractivity contribution in [1.29, 1.82) is 0 Å². The van der Waals surface area contributed by atoms with Crippen LogP contribution in [0, 0.1) is 5.92 Å². The molecule has 0 atom stereocenters. The van der Waals surface area contributed by atoms with Crippen LogP contribution in [0.4, 0.5) is 11.5 Å². The van der Waals surface area contributed by atoms with Crippen molar-refractivity contribution in [2.24, 2.45) is 5.92 Å². The molecule has 2 aromatic carbocycles. The number of nitrogens with one attached hydrogen (secondary N) is 1. The number of rotatable bonds is 6. The lowest BCUT2D eigenvalue weighted by atomic mass is 9.98. The summed E-state index contributed by atoms with van der Waals surface area (Å²) in [4.78, 5) is 23.4. The van der Waals surface area contributed by atoms with E-state index in [1.165, 1.54) is 0 Å². The molecule has 3 aromatic rings. The average molecular weight is 390 g/mol. The Balaban J connectivity index is 1.39. The van der Waals surface area contributed by atoms with Gasteiger partial charge in [0.25, 0.3) is 0 Å². The van der Waals surface area contributed by atoms with Gasteiger partial charge in [0.15, 0.2) is 0 Å². The number of methoxy groups -OCH3 is 2. The fraction of sp³-hybridized carbons (Fsp3) is 0.227. The molecule has 7 heteroatoms. The van der Waals surface area contributed by atoms with Crippen LogP contribution in [0.15, 0.2) is 60.9 Å². The van der Waals surface area contributed by atoms with Crippen LogP contribution in [0.1, 0.15) is 0 Å². The predicted octanol–water partition coefficient (Wildman–Crippen LogP) is 3.24. The van der Waals surface area contributed by atoms with Crippen molar-refractivity contribution < 1.29 is 14.3 Å². The zero-order valence-electron chi connectivity index (χ0n) is 16.3. The van der Waals surface area contributed by atoms with E-state index in [1.54, 1.807) is 38.7 Å². The Morgan fingerprint density at radius 3 is 2.34 bits per heavy atom. The van der Waals surface area contributed by atoms with Crippen molar-refractivity contribution in [3.8, 4) is 22.8 Å². The van der Waals surface area contributed by atoms with Gasteiger partial charge in [-0.2, -0.15) is 0 Å². The molecule has 4 rings (SSSR count). The molecule has 148 valence electrons. The van der Waals surface area contributed by atoms with Gasteiger partial charge in [-0.3, -0.25) is 4.79 Å². The van der Waals surface area contributed by atoms with Crippen molar-refractivity contribution >= 4 is 17.4 Å². The van der Waals surface area contributed by atoms with Gasteiger partial charge in [-0.1, -0.05) is 30.3 Å². The van der Waals surface area contributed by atoms with Crippen LogP contribution in [-0.2, 0) is 4.79 Å². The number of carbonyl (C=O) groups is 1. The summed E-state index contributed by atoms with van der Waals surface area (Å²) in [5, 5.41) is 2.94. The predicted molar refractivity (Wildman–Crippen MR) is 111 cm³/mol. The lowest BCUT2D eigenvalue weighted by molar-refractivity contribution is -0.120. The van der Waals surface area contributed by atoms with E-state index in [1.807, 2.05) is 36.4 Å².